The zero-order chi connectivity index (χ0) is 24.1. The van der Waals surface area contributed by atoms with E-state index >= 15 is 0 Å². The maximum absolute atomic E-state index is 13.7. The molecule has 0 bridgehead atoms. The van der Waals surface area contributed by atoms with Crippen molar-refractivity contribution < 1.29 is 4.21 Å². The van der Waals surface area contributed by atoms with Crippen LogP contribution in [0.25, 0.3) is 0 Å². The highest BCUT2D eigenvalue weighted by atomic mass is 32.2. The number of hydrogen-bond donors (Lipinski definition) is 0. The van der Waals surface area contributed by atoms with Crippen LogP contribution >= 0.6 is 0 Å². The lowest BCUT2D eigenvalue weighted by Gasteiger charge is -2.30. The molecule has 0 saturated heterocycles. The molecule has 2 unspecified atom stereocenters. The van der Waals surface area contributed by atoms with Crippen molar-refractivity contribution in [2.24, 2.45) is 4.99 Å². The van der Waals surface area contributed by atoms with E-state index in [0.717, 1.165) is 5.56 Å². The third-order valence-corrected chi connectivity index (χ3v) is 7.46. The summed E-state index contributed by atoms with van der Waals surface area (Å²) in [6, 6.07) is 20.7. The van der Waals surface area contributed by atoms with Crippen LogP contribution < -0.4 is 5.56 Å². The number of aliphatic imine (C=N–C) groups is 1. The van der Waals surface area contributed by atoms with Crippen LogP contribution in [-0.2, 0) is 24.1 Å². The Bertz CT molecular complexity index is 1310. The van der Waals surface area contributed by atoms with Crippen LogP contribution in [0.5, 0.6) is 0 Å². The number of nitriles is 1. The van der Waals surface area contributed by atoms with E-state index in [9.17, 15) is 14.3 Å². The number of fused-ring (bicyclic) bond motifs is 1. The molecule has 7 nitrogen and oxygen atoms in total. The number of nitrogens with zero attached hydrogens (tertiary/aromatic N) is 5. The van der Waals surface area contributed by atoms with Gasteiger partial charge in [-0.15, -0.1) is 0 Å². The fraction of sp³-hybridized carbons (Fsp3) is 0.308. The van der Waals surface area contributed by atoms with Gasteiger partial charge in [0.05, 0.1) is 41.4 Å². The highest BCUT2D eigenvalue weighted by molar-refractivity contribution is 7.82. The van der Waals surface area contributed by atoms with Gasteiger partial charge in [0.25, 0.3) is 5.56 Å². The van der Waals surface area contributed by atoms with Crippen molar-refractivity contribution >= 4 is 16.7 Å². The average Bonchev–Trinajstić information content (AvgIpc) is 3.25. The molecule has 0 fully saturated rings. The van der Waals surface area contributed by atoms with E-state index < -0.39 is 17.0 Å². The van der Waals surface area contributed by atoms with Gasteiger partial charge in [-0.2, -0.15) is 5.26 Å². The summed E-state index contributed by atoms with van der Waals surface area (Å²) in [4.78, 5) is 23.7. The second kappa shape index (κ2) is 10.7. The van der Waals surface area contributed by atoms with Crippen LogP contribution in [0.1, 0.15) is 55.4 Å². The summed E-state index contributed by atoms with van der Waals surface area (Å²) in [6.07, 6.45) is 0.787. The van der Waals surface area contributed by atoms with Crippen LogP contribution in [0.15, 0.2) is 75.3 Å². The maximum atomic E-state index is 13.7. The molecule has 0 spiro atoms. The largest absolute Gasteiger partial charge is 0.290 e. The molecular formula is C26H27N5O2S. The Hall–Kier alpha value is -3.41. The van der Waals surface area contributed by atoms with Gasteiger partial charge in [0, 0.05) is 18.7 Å². The van der Waals surface area contributed by atoms with Gasteiger partial charge in [0.15, 0.2) is 0 Å². The number of benzene rings is 2. The number of rotatable bonds is 9. The van der Waals surface area contributed by atoms with Crippen LogP contribution in [-0.4, -0.2) is 30.3 Å². The van der Waals surface area contributed by atoms with E-state index in [1.54, 1.807) is 8.87 Å². The Kier molecular flexibility index (Phi) is 7.46. The molecule has 4 rings (SSSR count). The van der Waals surface area contributed by atoms with E-state index in [1.807, 2.05) is 74.5 Å². The molecule has 2 aromatic carbocycles. The summed E-state index contributed by atoms with van der Waals surface area (Å²) >= 11 is 0. The van der Waals surface area contributed by atoms with Crippen molar-refractivity contribution in [2.45, 2.75) is 50.7 Å². The first kappa shape index (κ1) is 23.7. The van der Waals surface area contributed by atoms with Gasteiger partial charge in [-0.05, 0) is 31.0 Å². The maximum Gasteiger partial charge on any atom is 0.263 e. The number of aromatic nitrogens is 2. The lowest BCUT2D eigenvalue weighted by Crippen LogP contribution is -2.38. The van der Waals surface area contributed by atoms with Crippen LogP contribution in [0.3, 0.4) is 0 Å². The third-order valence-electron chi connectivity index (χ3n) is 5.92. The number of hydrogen-bond acceptors (Lipinski definition) is 5. The Morgan fingerprint density at radius 2 is 1.82 bits per heavy atom. The zero-order valence-electron chi connectivity index (χ0n) is 19.3. The predicted octanol–water partition coefficient (Wildman–Crippen LogP) is 4.00. The first-order valence-electron chi connectivity index (χ1n) is 11.3. The summed E-state index contributed by atoms with van der Waals surface area (Å²) in [7, 11) is -1.52. The molecule has 0 saturated carbocycles. The molecule has 0 aliphatic carbocycles. The molecular weight excluding hydrogens is 446 g/mol. The Morgan fingerprint density at radius 1 is 1.15 bits per heavy atom. The van der Waals surface area contributed by atoms with Crippen molar-refractivity contribution in [2.75, 3.05) is 6.54 Å². The molecule has 174 valence electrons. The van der Waals surface area contributed by atoms with Gasteiger partial charge < -0.3 is 0 Å². The summed E-state index contributed by atoms with van der Waals surface area (Å²) < 4.78 is 17.1. The Balaban J connectivity index is 1.85. The second-order valence-electron chi connectivity index (χ2n) is 8.11. The summed E-state index contributed by atoms with van der Waals surface area (Å²) in [5.41, 5.74) is 2.76. The molecule has 1 aliphatic rings. The molecule has 1 aromatic heterocycles. The first-order chi connectivity index (χ1) is 16.5. The minimum Gasteiger partial charge on any atom is -0.290 e. The topological polar surface area (TPSA) is 91.3 Å². The van der Waals surface area contributed by atoms with E-state index in [2.05, 4.69) is 11.1 Å². The van der Waals surface area contributed by atoms with Crippen LogP contribution in [0.4, 0.5) is 0 Å². The van der Waals surface area contributed by atoms with E-state index in [-0.39, 0.29) is 12.0 Å². The van der Waals surface area contributed by atoms with Gasteiger partial charge in [0.2, 0.25) is 0 Å². The van der Waals surface area contributed by atoms with Crippen molar-refractivity contribution in [1.29, 1.82) is 5.26 Å². The minimum atomic E-state index is -1.52. The SMILES string of the molecule is CCC(c1nc2c(c(=O)n1Cc1ccccc1)C(C)=NC2)N(CCC#N)S(=O)c1ccccc1. The van der Waals surface area contributed by atoms with Crippen molar-refractivity contribution in [1.82, 2.24) is 13.9 Å². The van der Waals surface area contributed by atoms with Crippen molar-refractivity contribution in [3.8, 4) is 6.07 Å². The lowest BCUT2D eigenvalue weighted by molar-refractivity contribution is 0.315. The third kappa shape index (κ3) is 4.76. The molecule has 0 radical (unpaired) electrons. The van der Waals surface area contributed by atoms with Gasteiger partial charge in [-0.1, -0.05) is 55.5 Å². The first-order valence-corrected chi connectivity index (χ1v) is 12.4. The Labute approximate surface area is 202 Å². The van der Waals surface area contributed by atoms with Gasteiger partial charge in [0.1, 0.15) is 16.8 Å². The summed E-state index contributed by atoms with van der Waals surface area (Å²) in [5.74, 6) is 0.558. The smallest absolute Gasteiger partial charge is 0.263 e. The molecule has 2 atom stereocenters. The monoisotopic (exact) mass is 473 g/mol. The summed E-state index contributed by atoms with van der Waals surface area (Å²) in [6.45, 7) is 4.84. The fourth-order valence-corrected chi connectivity index (χ4v) is 5.63. The van der Waals surface area contributed by atoms with Gasteiger partial charge >= 0.3 is 0 Å². The van der Waals surface area contributed by atoms with E-state index in [0.29, 0.717) is 53.7 Å². The molecule has 0 amide bonds. The molecule has 0 N–H and O–H groups in total. The molecule has 3 aromatic rings. The van der Waals surface area contributed by atoms with Crippen LogP contribution in [0.2, 0.25) is 0 Å². The summed E-state index contributed by atoms with van der Waals surface area (Å²) in [5, 5.41) is 9.28. The highest BCUT2D eigenvalue weighted by Gasteiger charge is 2.31. The van der Waals surface area contributed by atoms with Gasteiger partial charge in [-0.3, -0.25) is 14.4 Å². The van der Waals surface area contributed by atoms with E-state index in [1.165, 1.54) is 0 Å². The average molecular weight is 474 g/mol. The van der Waals surface area contributed by atoms with E-state index in [4.69, 9.17) is 4.98 Å². The van der Waals surface area contributed by atoms with Crippen molar-refractivity contribution in [3.05, 3.63) is 93.7 Å². The molecule has 1 aliphatic heterocycles. The second-order valence-corrected chi connectivity index (χ2v) is 9.54. The van der Waals surface area contributed by atoms with Crippen molar-refractivity contribution in [3.63, 3.8) is 0 Å². The highest BCUT2D eigenvalue weighted by Crippen LogP contribution is 2.29. The normalized spacial score (nSPS) is 14.4. The quantitative estimate of drug-likeness (QED) is 0.470. The molecule has 34 heavy (non-hydrogen) atoms. The fourth-order valence-electron chi connectivity index (χ4n) is 4.24. The molecule has 8 heteroatoms. The lowest BCUT2D eigenvalue weighted by atomic mass is 10.1. The zero-order valence-corrected chi connectivity index (χ0v) is 20.2. The molecule has 2 heterocycles. The van der Waals surface area contributed by atoms with Crippen LogP contribution in [0, 0.1) is 11.3 Å². The Morgan fingerprint density at radius 3 is 2.47 bits per heavy atom. The standard InChI is InChI=1S/C26H27N5O2S/c1-3-23(31(16-10-15-27)34(33)21-13-8-5-9-14-21)25-29-22-17-28-19(2)24(22)26(32)30(25)18-20-11-6-4-7-12-20/h4-9,11-14,23H,3,10,16-18H2,1-2H3. The minimum absolute atomic E-state index is 0.133. The van der Waals surface area contributed by atoms with Gasteiger partial charge in [-0.25, -0.2) is 13.5 Å². The predicted molar refractivity (Wildman–Crippen MR) is 133 cm³/mol.